The Morgan fingerprint density at radius 1 is 1.00 bits per heavy atom. The van der Waals surface area contributed by atoms with Crippen LogP contribution < -0.4 is 10.4 Å². The molecule has 0 radical (unpaired) electrons. The van der Waals surface area contributed by atoms with Crippen molar-refractivity contribution in [2.75, 3.05) is 7.11 Å². The van der Waals surface area contributed by atoms with Crippen molar-refractivity contribution in [3.63, 3.8) is 0 Å². The third kappa shape index (κ3) is 1.40. The number of benzene rings is 2. The van der Waals surface area contributed by atoms with Crippen molar-refractivity contribution in [2.24, 2.45) is 0 Å². The van der Waals surface area contributed by atoms with Gasteiger partial charge in [-0.05, 0) is 30.5 Å². The molecule has 0 aliphatic heterocycles. The summed E-state index contributed by atoms with van der Waals surface area (Å²) in [5, 5.41) is 2.68. The molecule has 0 saturated carbocycles. The predicted octanol–water partition coefficient (Wildman–Crippen LogP) is 2.52. The van der Waals surface area contributed by atoms with Crippen LogP contribution in [0.2, 0.25) is 0 Å². The molecule has 0 aliphatic rings. The third-order valence-electron chi connectivity index (χ3n) is 3.19. The Balaban J connectivity index is 2.67. The van der Waals surface area contributed by atoms with E-state index >= 15 is 0 Å². The molecule has 1 aromatic heterocycles. The molecular formula is C15H13NO2. The number of aromatic nitrogens is 1. The van der Waals surface area contributed by atoms with Crippen LogP contribution in [0.1, 0.15) is 5.56 Å². The van der Waals surface area contributed by atoms with Crippen molar-refractivity contribution in [1.82, 2.24) is 4.73 Å². The number of hydrogen-bond donors (Lipinski definition) is 0. The van der Waals surface area contributed by atoms with Gasteiger partial charge in [-0.15, -0.1) is 4.73 Å². The first kappa shape index (κ1) is 10.8. The average Bonchev–Trinajstić information content (AvgIpc) is 2.40. The van der Waals surface area contributed by atoms with E-state index in [1.54, 1.807) is 0 Å². The number of hydrogen-bond acceptors (Lipinski definition) is 2. The monoisotopic (exact) mass is 239 g/mol. The van der Waals surface area contributed by atoms with E-state index in [4.69, 9.17) is 4.84 Å². The fourth-order valence-corrected chi connectivity index (χ4v) is 2.35. The molecule has 0 bridgehead atoms. The van der Waals surface area contributed by atoms with E-state index in [2.05, 4.69) is 6.07 Å². The van der Waals surface area contributed by atoms with Gasteiger partial charge in [0.2, 0.25) is 0 Å². The molecule has 3 rings (SSSR count). The fourth-order valence-electron chi connectivity index (χ4n) is 2.35. The van der Waals surface area contributed by atoms with Gasteiger partial charge in [0.25, 0.3) is 5.56 Å². The molecule has 3 heteroatoms. The summed E-state index contributed by atoms with van der Waals surface area (Å²) in [6.45, 7) is 2.04. The summed E-state index contributed by atoms with van der Waals surface area (Å²) in [4.78, 5) is 17.5. The average molecular weight is 239 g/mol. The second-order valence-electron chi connectivity index (χ2n) is 4.35. The smallest absolute Gasteiger partial charge is 0.291 e. The van der Waals surface area contributed by atoms with Gasteiger partial charge in [-0.2, -0.15) is 0 Å². The van der Waals surface area contributed by atoms with Crippen molar-refractivity contribution >= 4 is 21.7 Å². The molecular weight excluding hydrogens is 226 g/mol. The zero-order valence-corrected chi connectivity index (χ0v) is 10.3. The highest BCUT2D eigenvalue weighted by molar-refractivity contribution is 6.05. The fraction of sp³-hybridized carbons (Fsp3) is 0.133. The Labute approximate surface area is 104 Å². The van der Waals surface area contributed by atoms with Gasteiger partial charge < -0.3 is 4.84 Å². The second-order valence-corrected chi connectivity index (χ2v) is 4.35. The minimum atomic E-state index is -0.121. The molecule has 0 fully saturated rings. The van der Waals surface area contributed by atoms with Crippen molar-refractivity contribution in [2.45, 2.75) is 6.92 Å². The van der Waals surface area contributed by atoms with E-state index in [1.165, 1.54) is 11.8 Å². The molecule has 0 saturated heterocycles. The van der Waals surface area contributed by atoms with Crippen molar-refractivity contribution < 1.29 is 4.84 Å². The predicted molar refractivity (Wildman–Crippen MR) is 73.0 cm³/mol. The Hall–Kier alpha value is -2.29. The van der Waals surface area contributed by atoms with Crippen molar-refractivity contribution in [1.29, 1.82) is 0 Å². The summed E-state index contributed by atoms with van der Waals surface area (Å²) >= 11 is 0. The number of fused-ring (bicyclic) bond motifs is 3. The maximum atomic E-state index is 12.3. The maximum absolute atomic E-state index is 12.3. The summed E-state index contributed by atoms with van der Waals surface area (Å²) in [6, 6.07) is 13.6. The maximum Gasteiger partial charge on any atom is 0.291 e. The molecule has 2 aromatic carbocycles. The number of aryl methyl sites for hydroxylation is 1. The van der Waals surface area contributed by atoms with Crippen LogP contribution in [0.15, 0.2) is 47.3 Å². The van der Waals surface area contributed by atoms with Gasteiger partial charge in [-0.3, -0.25) is 4.79 Å². The lowest BCUT2D eigenvalue weighted by molar-refractivity contribution is 0.170. The minimum Gasteiger partial charge on any atom is -0.413 e. The van der Waals surface area contributed by atoms with Gasteiger partial charge in [0.05, 0.1) is 10.9 Å². The lowest BCUT2D eigenvalue weighted by Gasteiger charge is -2.11. The molecule has 3 aromatic rings. The van der Waals surface area contributed by atoms with Crippen molar-refractivity contribution in [3.05, 3.63) is 58.4 Å². The molecule has 3 nitrogen and oxygen atoms in total. The molecule has 1 heterocycles. The summed E-state index contributed by atoms with van der Waals surface area (Å²) in [7, 11) is 1.51. The first-order valence-corrected chi connectivity index (χ1v) is 5.81. The first-order chi connectivity index (χ1) is 8.72. The summed E-state index contributed by atoms with van der Waals surface area (Å²) in [6.07, 6.45) is 0. The molecule has 0 aliphatic carbocycles. The Morgan fingerprint density at radius 2 is 1.72 bits per heavy atom. The lowest BCUT2D eigenvalue weighted by Crippen LogP contribution is -2.25. The Morgan fingerprint density at radius 3 is 2.44 bits per heavy atom. The largest absolute Gasteiger partial charge is 0.413 e. The van der Waals surface area contributed by atoms with E-state index in [-0.39, 0.29) is 5.56 Å². The highest BCUT2D eigenvalue weighted by atomic mass is 16.6. The second kappa shape index (κ2) is 3.88. The number of pyridine rings is 1. The van der Waals surface area contributed by atoms with Gasteiger partial charge in [0.1, 0.15) is 7.11 Å². The van der Waals surface area contributed by atoms with Crippen LogP contribution in [-0.2, 0) is 0 Å². The zero-order valence-electron chi connectivity index (χ0n) is 10.3. The van der Waals surface area contributed by atoms with Crippen LogP contribution in [0.3, 0.4) is 0 Å². The molecule has 90 valence electrons. The minimum absolute atomic E-state index is 0.121. The summed E-state index contributed by atoms with van der Waals surface area (Å²) in [5.74, 6) is 0. The van der Waals surface area contributed by atoms with Crippen LogP contribution in [0, 0.1) is 6.92 Å². The van der Waals surface area contributed by atoms with E-state index in [1.807, 2.05) is 43.3 Å². The standard InChI is InChI=1S/C15H13NO2/c1-10-7-8-14-13(9-10)11-5-3-4-6-12(11)15(17)16(14)18-2/h3-9H,1-2H3. The summed E-state index contributed by atoms with van der Waals surface area (Å²) < 4.78 is 1.34. The number of nitrogens with zero attached hydrogens (tertiary/aromatic N) is 1. The highest BCUT2D eigenvalue weighted by Crippen LogP contribution is 2.23. The SMILES string of the molecule is COn1c(=O)c2ccccc2c2cc(C)ccc21. The first-order valence-electron chi connectivity index (χ1n) is 5.81. The van der Waals surface area contributed by atoms with Gasteiger partial charge >= 0.3 is 0 Å². The zero-order chi connectivity index (χ0) is 12.7. The lowest BCUT2D eigenvalue weighted by atomic mass is 10.0. The molecule has 18 heavy (non-hydrogen) atoms. The van der Waals surface area contributed by atoms with Crippen LogP contribution in [0.5, 0.6) is 0 Å². The Bertz CT molecular complexity index is 803. The van der Waals surface area contributed by atoms with Crippen LogP contribution in [-0.4, -0.2) is 11.8 Å². The van der Waals surface area contributed by atoms with E-state index in [9.17, 15) is 4.79 Å². The molecule has 0 amide bonds. The molecule has 0 N–H and O–H groups in total. The molecule has 0 unspecified atom stereocenters. The summed E-state index contributed by atoms with van der Waals surface area (Å²) in [5.41, 5.74) is 1.84. The van der Waals surface area contributed by atoms with Crippen LogP contribution >= 0.6 is 0 Å². The Kier molecular flexibility index (Phi) is 2.33. The van der Waals surface area contributed by atoms with Gasteiger partial charge in [0, 0.05) is 5.39 Å². The van der Waals surface area contributed by atoms with Gasteiger partial charge in [-0.25, -0.2) is 0 Å². The van der Waals surface area contributed by atoms with E-state index in [0.29, 0.717) is 5.39 Å². The quantitative estimate of drug-likeness (QED) is 0.611. The normalized spacial score (nSPS) is 11.0. The third-order valence-corrected chi connectivity index (χ3v) is 3.19. The van der Waals surface area contributed by atoms with Crippen LogP contribution in [0.4, 0.5) is 0 Å². The number of rotatable bonds is 1. The van der Waals surface area contributed by atoms with Crippen molar-refractivity contribution in [3.8, 4) is 0 Å². The van der Waals surface area contributed by atoms with Crippen LogP contribution in [0.25, 0.3) is 21.7 Å². The van der Waals surface area contributed by atoms with E-state index < -0.39 is 0 Å². The van der Waals surface area contributed by atoms with Gasteiger partial charge in [-0.1, -0.05) is 29.8 Å². The topological polar surface area (TPSA) is 31.2 Å². The molecule has 0 atom stereocenters. The van der Waals surface area contributed by atoms with Gasteiger partial charge in [0.15, 0.2) is 0 Å². The highest BCUT2D eigenvalue weighted by Gasteiger charge is 2.10. The van der Waals surface area contributed by atoms with E-state index in [0.717, 1.165) is 21.9 Å². The molecule has 0 spiro atoms.